The van der Waals surface area contributed by atoms with Crippen molar-refractivity contribution in [2.45, 2.75) is 32.8 Å². The third-order valence-electron chi connectivity index (χ3n) is 2.24. The average molecular weight is 212 g/mol. The van der Waals surface area contributed by atoms with Crippen LogP contribution in [-0.2, 0) is 4.74 Å². The van der Waals surface area contributed by atoms with Crippen LogP contribution in [-0.4, -0.2) is 42.9 Å². The first-order chi connectivity index (χ1) is 6.92. The van der Waals surface area contributed by atoms with Gasteiger partial charge in [0.05, 0.1) is 0 Å². The molecule has 1 saturated heterocycles. The Hall–Kier alpha value is -1.06. The van der Waals surface area contributed by atoms with E-state index in [1.165, 1.54) is 0 Å². The number of hydrogen-bond donors (Lipinski definition) is 0. The third-order valence-corrected chi connectivity index (χ3v) is 2.24. The lowest BCUT2D eigenvalue weighted by atomic mass is 10.1. The highest BCUT2D eigenvalue weighted by atomic mass is 16.6. The van der Waals surface area contributed by atoms with E-state index in [0.29, 0.717) is 5.92 Å². The molecule has 1 heterocycles. The lowest BCUT2D eigenvalue weighted by Gasteiger charge is -2.24. The molecule has 0 N–H and O–H groups in total. The van der Waals surface area contributed by atoms with Crippen LogP contribution in [0.5, 0.6) is 0 Å². The summed E-state index contributed by atoms with van der Waals surface area (Å²) in [6, 6.07) is 0. The van der Waals surface area contributed by atoms with Crippen LogP contribution in [0.1, 0.15) is 27.2 Å². The van der Waals surface area contributed by atoms with Crippen molar-refractivity contribution in [2.75, 3.05) is 20.1 Å². The Morgan fingerprint density at radius 2 is 2.20 bits per heavy atom. The summed E-state index contributed by atoms with van der Waals surface area (Å²) in [6.45, 7) is 7.14. The molecule has 1 rings (SSSR count). The van der Waals surface area contributed by atoms with Crippen LogP contribution in [0.4, 0.5) is 4.79 Å². The second kappa shape index (κ2) is 4.64. The molecular weight excluding hydrogens is 192 g/mol. The Labute approximate surface area is 91.3 Å². The second-order valence-corrected chi connectivity index (χ2v) is 4.88. The molecule has 4 nitrogen and oxygen atoms in total. The van der Waals surface area contributed by atoms with Crippen molar-refractivity contribution >= 4 is 12.3 Å². The highest BCUT2D eigenvalue weighted by Gasteiger charge is 2.28. The van der Waals surface area contributed by atoms with Crippen molar-refractivity contribution in [3.8, 4) is 0 Å². The van der Waals surface area contributed by atoms with Gasteiger partial charge in [0.1, 0.15) is 5.60 Å². The van der Waals surface area contributed by atoms with E-state index < -0.39 is 5.60 Å². The number of carbonyl (C=O) groups excluding carboxylic acids is 1. The molecule has 0 radical (unpaired) electrons. The minimum absolute atomic E-state index is 0.213. The Balaban J connectivity index is 2.43. The molecule has 15 heavy (non-hydrogen) atoms. The van der Waals surface area contributed by atoms with Crippen LogP contribution in [0.15, 0.2) is 4.99 Å². The molecule has 0 aliphatic carbocycles. The van der Waals surface area contributed by atoms with Gasteiger partial charge < -0.3 is 14.6 Å². The van der Waals surface area contributed by atoms with Crippen molar-refractivity contribution in [1.82, 2.24) is 4.90 Å². The van der Waals surface area contributed by atoms with Gasteiger partial charge in [0, 0.05) is 32.3 Å². The summed E-state index contributed by atoms with van der Waals surface area (Å²) in [7, 11) is 1.76. The molecule has 86 valence electrons. The third kappa shape index (κ3) is 3.90. The highest BCUT2D eigenvalue weighted by Crippen LogP contribution is 2.18. The predicted octanol–water partition coefficient (Wildman–Crippen LogP) is 1.94. The number of aliphatic imine (C=N–C) groups is 1. The van der Waals surface area contributed by atoms with E-state index in [2.05, 4.69) is 4.99 Å². The fraction of sp³-hybridized carbons (Fsp3) is 0.818. The number of carbonyl (C=O) groups is 1. The summed E-state index contributed by atoms with van der Waals surface area (Å²) in [4.78, 5) is 17.4. The van der Waals surface area contributed by atoms with E-state index in [0.717, 1.165) is 19.5 Å². The van der Waals surface area contributed by atoms with Crippen molar-refractivity contribution in [2.24, 2.45) is 10.9 Å². The molecule has 0 bridgehead atoms. The molecule has 1 amide bonds. The smallest absolute Gasteiger partial charge is 0.410 e. The highest BCUT2D eigenvalue weighted by molar-refractivity contribution is 5.70. The summed E-state index contributed by atoms with van der Waals surface area (Å²) < 4.78 is 5.29. The van der Waals surface area contributed by atoms with Crippen LogP contribution in [0.25, 0.3) is 0 Å². The normalized spacial score (nSPS) is 22.4. The van der Waals surface area contributed by atoms with E-state index in [9.17, 15) is 4.79 Å². The molecule has 0 aromatic rings. The maximum atomic E-state index is 11.7. The van der Waals surface area contributed by atoms with E-state index in [-0.39, 0.29) is 6.09 Å². The Bertz CT molecular complexity index is 256. The van der Waals surface area contributed by atoms with Gasteiger partial charge >= 0.3 is 6.09 Å². The maximum Gasteiger partial charge on any atom is 0.410 e. The maximum absolute atomic E-state index is 11.7. The molecule has 0 aromatic heterocycles. The zero-order chi connectivity index (χ0) is 11.5. The number of rotatable bonds is 1. The summed E-state index contributed by atoms with van der Waals surface area (Å²) in [5, 5.41) is 0. The molecule has 0 spiro atoms. The molecule has 0 aromatic carbocycles. The first-order valence-electron chi connectivity index (χ1n) is 5.32. The summed E-state index contributed by atoms with van der Waals surface area (Å²) in [6.07, 6.45) is 2.68. The van der Waals surface area contributed by atoms with E-state index in [1.807, 2.05) is 27.0 Å². The summed E-state index contributed by atoms with van der Waals surface area (Å²) in [5.74, 6) is 0.391. The largest absolute Gasteiger partial charge is 0.444 e. The molecule has 4 heteroatoms. The average Bonchev–Trinajstić information content (AvgIpc) is 2.50. The van der Waals surface area contributed by atoms with Crippen LogP contribution in [0.3, 0.4) is 0 Å². The number of hydrogen-bond acceptors (Lipinski definition) is 3. The van der Waals surface area contributed by atoms with E-state index in [4.69, 9.17) is 4.74 Å². The second-order valence-electron chi connectivity index (χ2n) is 4.88. The zero-order valence-electron chi connectivity index (χ0n) is 9.99. The number of likely N-dealkylation sites (tertiary alicyclic amines) is 1. The topological polar surface area (TPSA) is 41.9 Å². The van der Waals surface area contributed by atoms with Gasteiger partial charge in [-0.3, -0.25) is 0 Å². The van der Waals surface area contributed by atoms with Crippen molar-refractivity contribution < 1.29 is 9.53 Å². The zero-order valence-corrected chi connectivity index (χ0v) is 9.99. The van der Waals surface area contributed by atoms with Crippen molar-refractivity contribution in [3.63, 3.8) is 0 Å². The quantitative estimate of drug-likeness (QED) is 0.623. The van der Waals surface area contributed by atoms with Crippen LogP contribution in [0, 0.1) is 5.92 Å². The van der Waals surface area contributed by atoms with Gasteiger partial charge in [-0.05, 0) is 27.2 Å². The van der Waals surface area contributed by atoms with Gasteiger partial charge in [-0.1, -0.05) is 0 Å². The van der Waals surface area contributed by atoms with E-state index >= 15 is 0 Å². The Kier molecular flexibility index (Phi) is 3.72. The van der Waals surface area contributed by atoms with Gasteiger partial charge in [0.25, 0.3) is 0 Å². The van der Waals surface area contributed by atoms with Crippen LogP contribution >= 0.6 is 0 Å². The molecule has 1 aliphatic rings. The Morgan fingerprint density at radius 1 is 1.53 bits per heavy atom. The van der Waals surface area contributed by atoms with Crippen LogP contribution in [0.2, 0.25) is 0 Å². The summed E-state index contributed by atoms with van der Waals surface area (Å²) in [5.41, 5.74) is -0.409. The number of amides is 1. The molecule has 1 fully saturated rings. The molecule has 1 aliphatic heterocycles. The van der Waals surface area contributed by atoms with Crippen molar-refractivity contribution in [3.05, 3.63) is 0 Å². The minimum Gasteiger partial charge on any atom is -0.444 e. The fourth-order valence-electron chi connectivity index (χ4n) is 1.61. The van der Waals surface area contributed by atoms with Crippen LogP contribution < -0.4 is 0 Å². The molecular formula is C11H20N2O2. The van der Waals surface area contributed by atoms with Gasteiger partial charge in [-0.2, -0.15) is 0 Å². The van der Waals surface area contributed by atoms with Gasteiger partial charge in [-0.25, -0.2) is 4.79 Å². The summed E-state index contributed by atoms with van der Waals surface area (Å²) >= 11 is 0. The standard InChI is InChI=1S/C11H20N2O2/c1-11(2,3)15-10(14)13-6-5-9(8-13)7-12-4/h7,9H,5-6,8H2,1-4H3/b12-7+/t9-/m0/s1. The van der Waals surface area contributed by atoms with Gasteiger partial charge in [0.2, 0.25) is 0 Å². The minimum atomic E-state index is -0.409. The van der Waals surface area contributed by atoms with Crippen molar-refractivity contribution in [1.29, 1.82) is 0 Å². The number of nitrogens with zero attached hydrogens (tertiary/aromatic N) is 2. The van der Waals surface area contributed by atoms with E-state index in [1.54, 1.807) is 11.9 Å². The van der Waals surface area contributed by atoms with Gasteiger partial charge in [0.15, 0.2) is 0 Å². The molecule has 1 atom stereocenters. The first kappa shape index (κ1) is 12.0. The SMILES string of the molecule is C/N=C/[C@@H]1CCN(C(=O)OC(C)(C)C)C1. The lowest BCUT2D eigenvalue weighted by Crippen LogP contribution is -2.35. The lowest BCUT2D eigenvalue weighted by molar-refractivity contribution is 0.0292. The Morgan fingerprint density at radius 3 is 2.73 bits per heavy atom. The molecule has 0 saturated carbocycles. The monoisotopic (exact) mass is 212 g/mol. The first-order valence-corrected chi connectivity index (χ1v) is 5.32. The predicted molar refractivity (Wildman–Crippen MR) is 60.3 cm³/mol. The fourth-order valence-corrected chi connectivity index (χ4v) is 1.61. The number of ether oxygens (including phenoxy) is 1. The van der Waals surface area contributed by atoms with Gasteiger partial charge in [-0.15, -0.1) is 0 Å². The molecule has 0 unspecified atom stereocenters.